The molecule has 3 heterocycles. The van der Waals surface area contributed by atoms with Gasteiger partial charge in [-0.3, -0.25) is 4.79 Å². The molecule has 0 radical (unpaired) electrons. The van der Waals surface area contributed by atoms with Crippen LogP contribution in [-0.4, -0.2) is 37.1 Å². The molecule has 0 atom stereocenters. The van der Waals surface area contributed by atoms with Gasteiger partial charge in [0, 0.05) is 49.3 Å². The van der Waals surface area contributed by atoms with Gasteiger partial charge >= 0.3 is 0 Å². The van der Waals surface area contributed by atoms with Crippen LogP contribution >= 0.6 is 0 Å². The van der Waals surface area contributed by atoms with Crippen molar-refractivity contribution >= 4 is 23.1 Å². The molecule has 5 heteroatoms. The molecule has 1 amide bonds. The third kappa shape index (κ3) is 4.24. The lowest BCUT2D eigenvalue weighted by Crippen LogP contribution is -2.32. The highest BCUT2D eigenvalue weighted by Gasteiger charge is 2.17. The van der Waals surface area contributed by atoms with Crippen LogP contribution in [-0.2, 0) is 0 Å². The Morgan fingerprint density at radius 3 is 2.41 bits per heavy atom. The number of rotatable bonds is 4. The summed E-state index contributed by atoms with van der Waals surface area (Å²) in [6, 6.07) is 11.9. The summed E-state index contributed by atoms with van der Waals surface area (Å²) < 4.78 is 0. The maximum Gasteiger partial charge on any atom is 0.255 e. The van der Waals surface area contributed by atoms with E-state index in [0.29, 0.717) is 5.56 Å². The van der Waals surface area contributed by atoms with Gasteiger partial charge in [-0.15, -0.1) is 0 Å². The first kappa shape index (κ1) is 17.8. The van der Waals surface area contributed by atoms with Crippen molar-refractivity contribution in [2.45, 2.75) is 32.6 Å². The second-order valence-electron chi connectivity index (χ2n) is 7.77. The van der Waals surface area contributed by atoms with Crippen molar-refractivity contribution in [2.24, 2.45) is 5.92 Å². The van der Waals surface area contributed by atoms with E-state index in [1.165, 1.54) is 31.4 Å². The summed E-state index contributed by atoms with van der Waals surface area (Å²) in [5, 5.41) is 3.01. The molecule has 2 fully saturated rings. The van der Waals surface area contributed by atoms with Crippen LogP contribution in [0.15, 0.2) is 42.6 Å². The lowest BCUT2D eigenvalue weighted by atomic mass is 9.99. The second-order valence-corrected chi connectivity index (χ2v) is 7.77. The Labute approximate surface area is 161 Å². The maximum absolute atomic E-state index is 12.6. The quantitative estimate of drug-likeness (QED) is 0.884. The minimum Gasteiger partial charge on any atom is -0.372 e. The van der Waals surface area contributed by atoms with Gasteiger partial charge in [-0.2, -0.15) is 0 Å². The third-order valence-electron chi connectivity index (χ3n) is 5.71. The summed E-state index contributed by atoms with van der Waals surface area (Å²) in [5.41, 5.74) is 2.72. The normalized spacial score (nSPS) is 18.0. The van der Waals surface area contributed by atoms with Gasteiger partial charge in [0.15, 0.2) is 0 Å². The number of nitrogens with one attached hydrogen (secondary N) is 1. The molecule has 5 nitrogen and oxygen atoms in total. The molecule has 0 bridgehead atoms. The zero-order chi connectivity index (χ0) is 18.6. The smallest absolute Gasteiger partial charge is 0.255 e. The lowest BCUT2D eigenvalue weighted by Gasteiger charge is -2.32. The third-order valence-corrected chi connectivity index (χ3v) is 5.71. The maximum atomic E-state index is 12.6. The minimum atomic E-state index is -0.0857. The van der Waals surface area contributed by atoms with Crippen molar-refractivity contribution in [1.82, 2.24) is 4.98 Å². The number of benzene rings is 1. The standard InChI is InChI=1S/C22H28N4O/c1-17-9-14-25(15-10-17)20-6-4-19(5-7-20)24-22(27)18-8-11-23-21(16-18)26-12-2-3-13-26/h4-8,11,16-17H,2-3,9-10,12-15H2,1H3,(H,24,27). The van der Waals surface area contributed by atoms with Crippen molar-refractivity contribution in [3.8, 4) is 0 Å². The molecule has 1 aromatic heterocycles. The highest BCUT2D eigenvalue weighted by Crippen LogP contribution is 2.25. The molecule has 4 rings (SSSR count). The van der Waals surface area contributed by atoms with Crippen LogP contribution in [0.1, 0.15) is 43.0 Å². The average molecular weight is 364 g/mol. The number of carbonyl (C=O) groups excluding carboxylic acids is 1. The van der Waals surface area contributed by atoms with E-state index >= 15 is 0 Å². The predicted molar refractivity (Wildman–Crippen MR) is 111 cm³/mol. The van der Waals surface area contributed by atoms with Gasteiger partial charge in [0.1, 0.15) is 5.82 Å². The highest BCUT2D eigenvalue weighted by molar-refractivity contribution is 6.04. The zero-order valence-corrected chi connectivity index (χ0v) is 16.0. The Morgan fingerprint density at radius 2 is 1.70 bits per heavy atom. The number of hydrogen-bond acceptors (Lipinski definition) is 4. The molecule has 142 valence electrons. The van der Waals surface area contributed by atoms with E-state index in [9.17, 15) is 4.79 Å². The van der Waals surface area contributed by atoms with E-state index in [2.05, 4.69) is 39.2 Å². The fourth-order valence-electron chi connectivity index (χ4n) is 3.90. The number of piperidine rings is 1. The lowest BCUT2D eigenvalue weighted by molar-refractivity contribution is 0.102. The number of hydrogen-bond donors (Lipinski definition) is 1. The molecular weight excluding hydrogens is 336 g/mol. The van der Waals surface area contributed by atoms with Crippen LogP contribution in [0, 0.1) is 5.92 Å². The van der Waals surface area contributed by atoms with E-state index in [4.69, 9.17) is 0 Å². The first-order valence-electron chi connectivity index (χ1n) is 10.1. The monoisotopic (exact) mass is 364 g/mol. The van der Waals surface area contributed by atoms with Gasteiger partial charge in [-0.05, 0) is 68.0 Å². The van der Waals surface area contributed by atoms with Gasteiger partial charge in [0.25, 0.3) is 5.91 Å². The summed E-state index contributed by atoms with van der Waals surface area (Å²) in [7, 11) is 0. The Hall–Kier alpha value is -2.56. The van der Waals surface area contributed by atoms with E-state index < -0.39 is 0 Å². The molecule has 2 aliphatic rings. The number of nitrogens with zero attached hydrogens (tertiary/aromatic N) is 3. The van der Waals surface area contributed by atoms with Gasteiger partial charge in [0.05, 0.1) is 0 Å². The zero-order valence-electron chi connectivity index (χ0n) is 16.0. The summed E-state index contributed by atoms with van der Waals surface area (Å²) in [6.07, 6.45) is 6.61. The van der Waals surface area contributed by atoms with Crippen LogP contribution in [0.25, 0.3) is 0 Å². The highest BCUT2D eigenvalue weighted by atomic mass is 16.1. The van der Waals surface area contributed by atoms with Crippen LogP contribution in [0.5, 0.6) is 0 Å². The SMILES string of the molecule is CC1CCN(c2ccc(NC(=O)c3ccnc(N4CCCC4)c3)cc2)CC1. The number of amides is 1. The molecule has 2 saturated heterocycles. The summed E-state index contributed by atoms with van der Waals surface area (Å²) in [4.78, 5) is 21.7. The molecule has 27 heavy (non-hydrogen) atoms. The Kier molecular flexibility index (Phi) is 5.28. The Morgan fingerprint density at radius 1 is 1.00 bits per heavy atom. The number of pyridine rings is 1. The summed E-state index contributed by atoms with van der Waals surface area (Å²) in [6.45, 7) is 6.60. The molecule has 0 saturated carbocycles. The number of aromatic nitrogens is 1. The fourth-order valence-corrected chi connectivity index (χ4v) is 3.90. The Bertz CT molecular complexity index is 775. The van der Waals surface area contributed by atoms with Gasteiger partial charge in [-0.25, -0.2) is 4.98 Å². The van der Waals surface area contributed by atoms with Crippen molar-refractivity contribution in [3.63, 3.8) is 0 Å². The molecule has 1 aromatic carbocycles. The number of carbonyl (C=O) groups is 1. The fraction of sp³-hybridized carbons (Fsp3) is 0.455. The van der Waals surface area contributed by atoms with Crippen LogP contribution < -0.4 is 15.1 Å². The minimum absolute atomic E-state index is 0.0857. The Balaban J connectivity index is 1.40. The summed E-state index contributed by atoms with van der Waals surface area (Å²) >= 11 is 0. The van der Waals surface area contributed by atoms with E-state index in [-0.39, 0.29) is 5.91 Å². The van der Waals surface area contributed by atoms with Gasteiger partial charge in [0.2, 0.25) is 0 Å². The second kappa shape index (κ2) is 7.99. The van der Waals surface area contributed by atoms with Crippen molar-refractivity contribution in [3.05, 3.63) is 48.2 Å². The van der Waals surface area contributed by atoms with Crippen LogP contribution in [0.3, 0.4) is 0 Å². The van der Waals surface area contributed by atoms with E-state index in [1.807, 2.05) is 18.2 Å². The summed E-state index contributed by atoms with van der Waals surface area (Å²) in [5.74, 6) is 1.64. The molecule has 0 aliphatic carbocycles. The van der Waals surface area contributed by atoms with Gasteiger partial charge in [-0.1, -0.05) is 6.92 Å². The van der Waals surface area contributed by atoms with Gasteiger partial charge < -0.3 is 15.1 Å². The predicted octanol–water partition coefficient (Wildman–Crippen LogP) is 4.17. The average Bonchev–Trinajstić information content (AvgIpc) is 3.24. The molecule has 2 aromatic rings. The van der Waals surface area contributed by atoms with Crippen LogP contribution in [0.4, 0.5) is 17.2 Å². The topological polar surface area (TPSA) is 48.5 Å². The van der Waals surface area contributed by atoms with Crippen molar-refractivity contribution in [1.29, 1.82) is 0 Å². The largest absolute Gasteiger partial charge is 0.372 e. The first-order chi connectivity index (χ1) is 13.2. The first-order valence-corrected chi connectivity index (χ1v) is 10.1. The molecule has 0 unspecified atom stereocenters. The molecular formula is C22H28N4O. The van der Waals surface area contributed by atoms with Crippen LogP contribution in [0.2, 0.25) is 0 Å². The van der Waals surface area contributed by atoms with E-state index in [1.54, 1.807) is 12.3 Å². The van der Waals surface area contributed by atoms with Crippen molar-refractivity contribution in [2.75, 3.05) is 41.3 Å². The number of anilines is 3. The molecule has 2 aliphatic heterocycles. The van der Waals surface area contributed by atoms with E-state index in [0.717, 1.165) is 43.6 Å². The van der Waals surface area contributed by atoms with Crippen molar-refractivity contribution < 1.29 is 4.79 Å². The molecule has 1 N–H and O–H groups in total. The molecule has 0 spiro atoms.